The van der Waals surface area contributed by atoms with Crippen LogP contribution in [0.5, 0.6) is 5.75 Å². The number of hydrogen-bond acceptors (Lipinski definition) is 5. The summed E-state index contributed by atoms with van der Waals surface area (Å²) in [6.45, 7) is 2.58. The number of carbonyl (C=O) groups excluding carboxylic acids is 2. The van der Waals surface area contributed by atoms with E-state index in [1.54, 1.807) is 12.1 Å². The number of rotatable bonds is 22. The molecule has 0 spiro atoms. The number of amides is 1. The number of unbranched alkanes of at least 4 members (excludes halogenated alkanes) is 13. The van der Waals surface area contributed by atoms with Gasteiger partial charge < -0.3 is 10.1 Å². The molecule has 0 aliphatic heterocycles. The smallest absolute Gasteiger partial charge is 0.269 e. The first-order valence-electron chi connectivity index (χ1n) is 15.1. The fourth-order valence-corrected chi connectivity index (χ4v) is 6.02. The molecule has 0 aromatic heterocycles. The van der Waals surface area contributed by atoms with Crippen LogP contribution in [0.15, 0.2) is 53.4 Å². The summed E-state index contributed by atoms with van der Waals surface area (Å²) in [5.74, 6) is -1.28. The molecule has 0 unspecified atom stereocenters. The second-order valence-electron chi connectivity index (χ2n) is 10.6. The number of halogens is 2. The van der Waals surface area contributed by atoms with E-state index in [0.29, 0.717) is 12.3 Å². The molecule has 10 heteroatoms. The highest BCUT2D eigenvalue weighted by Crippen LogP contribution is 2.29. The van der Waals surface area contributed by atoms with Gasteiger partial charge >= 0.3 is 0 Å². The molecule has 0 saturated carbocycles. The molecule has 0 bridgehead atoms. The van der Waals surface area contributed by atoms with Crippen LogP contribution in [0.3, 0.4) is 0 Å². The Bertz CT molecular complexity index is 1200. The number of hydrogen-bond donors (Lipinski definition) is 2. The molecule has 0 aliphatic carbocycles. The van der Waals surface area contributed by atoms with Crippen LogP contribution >= 0.6 is 23.2 Å². The first kappa shape index (κ1) is 36.1. The summed E-state index contributed by atoms with van der Waals surface area (Å²) in [6, 6.07) is 11.7. The van der Waals surface area contributed by atoms with Crippen molar-refractivity contribution in [2.24, 2.45) is 0 Å². The van der Waals surface area contributed by atoms with Crippen LogP contribution in [0.1, 0.15) is 107 Å². The first-order valence-corrected chi connectivity index (χ1v) is 17.3. The number of carbonyl (C=O) groups is 2. The van der Waals surface area contributed by atoms with Crippen LogP contribution in [0, 0.1) is 0 Å². The molecule has 1 amide bonds. The van der Waals surface area contributed by atoms with Crippen molar-refractivity contribution in [3.8, 4) is 5.75 Å². The van der Waals surface area contributed by atoms with Crippen molar-refractivity contribution in [2.75, 3.05) is 19.0 Å². The zero-order valence-corrected chi connectivity index (χ0v) is 27.3. The monoisotopic (exact) mass is 640 g/mol. The highest BCUT2D eigenvalue weighted by molar-refractivity contribution is 7.89. The van der Waals surface area contributed by atoms with E-state index in [9.17, 15) is 18.0 Å². The van der Waals surface area contributed by atoms with E-state index in [1.807, 2.05) is 0 Å². The molecule has 2 aromatic carbocycles. The second-order valence-corrected chi connectivity index (χ2v) is 13.7. The van der Waals surface area contributed by atoms with E-state index in [-0.39, 0.29) is 16.1 Å². The van der Waals surface area contributed by atoms with Gasteiger partial charge in [-0.3, -0.25) is 9.59 Å². The number of alkyl halides is 2. The lowest BCUT2D eigenvalue weighted by atomic mass is 10.0. The Kier molecular flexibility index (Phi) is 16.5. The normalized spacial score (nSPS) is 11.8. The van der Waals surface area contributed by atoms with E-state index in [2.05, 4.69) is 17.0 Å². The number of nitrogens with one attached hydrogen (secondary N) is 2. The van der Waals surface area contributed by atoms with Gasteiger partial charge in [-0.05, 0) is 48.9 Å². The van der Waals surface area contributed by atoms with Crippen LogP contribution in [-0.2, 0) is 14.8 Å². The third kappa shape index (κ3) is 12.6. The molecule has 0 fully saturated rings. The van der Waals surface area contributed by atoms with Crippen LogP contribution in [0.25, 0.3) is 0 Å². The molecular weight excluding hydrogens is 595 g/mol. The van der Waals surface area contributed by atoms with Gasteiger partial charge in [0.25, 0.3) is 10.2 Å². The zero-order chi connectivity index (χ0) is 30.8. The van der Waals surface area contributed by atoms with Crippen molar-refractivity contribution >= 4 is 50.6 Å². The summed E-state index contributed by atoms with van der Waals surface area (Å²) in [7, 11) is -2.30. The molecule has 42 heavy (non-hydrogen) atoms. The van der Waals surface area contributed by atoms with Gasteiger partial charge in [0.2, 0.25) is 15.8 Å². The van der Waals surface area contributed by atoms with Gasteiger partial charge in [-0.25, -0.2) is 13.1 Å². The van der Waals surface area contributed by atoms with Crippen molar-refractivity contribution in [1.82, 2.24) is 4.72 Å². The van der Waals surface area contributed by atoms with Crippen LogP contribution in [-0.4, -0.2) is 38.1 Å². The van der Waals surface area contributed by atoms with E-state index in [1.165, 1.54) is 114 Å². The zero-order valence-electron chi connectivity index (χ0n) is 24.9. The molecule has 0 aliphatic rings. The lowest BCUT2D eigenvalue weighted by Crippen LogP contribution is -2.40. The van der Waals surface area contributed by atoms with Crippen LogP contribution < -0.4 is 14.8 Å². The summed E-state index contributed by atoms with van der Waals surface area (Å²) in [5.41, 5.74) is 0.271. The molecule has 2 aromatic rings. The van der Waals surface area contributed by atoms with E-state index >= 15 is 0 Å². The molecule has 0 heterocycles. The molecule has 2 N–H and O–H groups in total. The number of sulfonamides is 1. The number of ether oxygens (including phenoxy) is 1. The van der Waals surface area contributed by atoms with Gasteiger partial charge in [0.1, 0.15) is 5.75 Å². The SMILES string of the molecule is CCCCCCCCCCCCCCCCNS(=O)(=O)c1cccc(NC(=O)C(Cl)(Cl)C(=O)c2ccc(OC)cc2)c1. The summed E-state index contributed by atoms with van der Waals surface area (Å²) in [4.78, 5) is 25.5. The number of ketones is 1. The number of Topliss-reactive ketones (excluding diaryl/α,β-unsaturated/α-hetero) is 1. The Hall–Kier alpha value is -2.13. The maximum absolute atomic E-state index is 12.8. The minimum absolute atomic E-state index is 0.0121. The summed E-state index contributed by atoms with van der Waals surface area (Å²) in [5, 5.41) is 2.45. The summed E-state index contributed by atoms with van der Waals surface area (Å²) >= 11 is 12.3. The minimum Gasteiger partial charge on any atom is -0.497 e. The Morgan fingerprint density at radius 1 is 0.786 bits per heavy atom. The van der Waals surface area contributed by atoms with Gasteiger partial charge in [0, 0.05) is 17.8 Å². The minimum atomic E-state index is -3.78. The number of methoxy groups -OCH3 is 1. The van der Waals surface area contributed by atoms with Crippen molar-refractivity contribution in [3.05, 3.63) is 54.1 Å². The first-order chi connectivity index (χ1) is 20.1. The molecule has 7 nitrogen and oxygen atoms in total. The fourth-order valence-electron chi connectivity index (χ4n) is 4.59. The predicted octanol–water partition coefficient (Wildman–Crippen LogP) is 8.45. The highest BCUT2D eigenvalue weighted by Gasteiger charge is 2.42. The summed E-state index contributed by atoms with van der Waals surface area (Å²) in [6.07, 6.45) is 17.2. The Morgan fingerprint density at radius 2 is 1.31 bits per heavy atom. The number of benzene rings is 2. The molecule has 234 valence electrons. The lowest BCUT2D eigenvalue weighted by molar-refractivity contribution is -0.116. The maximum atomic E-state index is 12.8. The van der Waals surface area contributed by atoms with E-state index in [4.69, 9.17) is 27.9 Å². The molecule has 0 saturated heterocycles. The quantitative estimate of drug-likeness (QED) is 0.0582. The maximum Gasteiger partial charge on any atom is 0.269 e. The third-order valence-electron chi connectivity index (χ3n) is 7.15. The Morgan fingerprint density at radius 3 is 1.83 bits per heavy atom. The third-order valence-corrected chi connectivity index (χ3v) is 9.29. The van der Waals surface area contributed by atoms with Gasteiger partial charge in [-0.15, -0.1) is 0 Å². The molecular formula is C32H46Cl2N2O5S. The average molecular weight is 642 g/mol. The van der Waals surface area contributed by atoms with Crippen molar-refractivity contribution in [1.29, 1.82) is 0 Å². The van der Waals surface area contributed by atoms with Gasteiger partial charge in [-0.2, -0.15) is 0 Å². The summed E-state index contributed by atoms with van der Waals surface area (Å²) < 4.78 is 30.9. The van der Waals surface area contributed by atoms with Crippen molar-refractivity contribution in [2.45, 2.75) is 106 Å². The van der Waals surface area contributed by atoms with Gasteiger partial charge in [0.05, 0.1) is 12.0 Å². The van der Waals surface area contributed by atoms with Gasteiger partial charge in [-0.1, -0.05) is 120 Å². The lowest BCUT2D eigenvalue weighted by Gasteiger charge is -2.18. The highest BCUT2D eigenvalue weighted by atomic mass is 35.5. The van der Waals surface area contributed by atoms with Crippen molar-refractivity contribution < 1.29 is 22.7 Å². The fraction of sp³-hybridized carbons (Fsp3) is 0.562. The molecule has 2 rings (SSSR count). The van der Waals surface area contributed by atoms with Gasteiger partial charge in [0.15, 0.2) is 0 Å². The Labute approximate surface area is 262 Å². The largest absolute Gasteiger partial charge is 0.497 e. The van der Waals surface area contributed by atoms with Crippen molar-refractivity contribution in [3.63, 3.8) is 0 Å². The van der Waals surface area contributed by atoms with Crippen LogP contribution in [0.4, 0.5) is 5.69 Å². The average Bonchev–Trinajstić information content (AvgIpc) is 2.98. The van der Waals surface area contributed by atoms with Crippen LogP contribution in [0.2, 0.25) is 0 Å². The Balaban J connectivity index is 1.71. The van der Waals surface area contributed by atoms with E-state index in [0.717, 1.165) is 19.3 Å². The molecule has 0 radical (unpaired) electrons. The van der Waals surface area contributed by atoms with E-state index < -0.39 is 26.0 Å². The standard InChI is InChI=1S/C32H46Cl2N2O5S/c1-3-4-5-6-7-8-9-10-11-12-13-14-15-16-24-35-42(39,40)29-19-17-18-27(25-29)36-31(38)32(33,34)30(37)26-20-22-28(41-2)23-21-26/h17-23,25,35H,3-16,24H2,1-2H3,(H,36,38). The second kappa shape index (κ2) is 19.2. The number of anilines is 1. The predicted molar refractivity (Wildman–Crippen MR) is 172 cm³/mol. The molecule has 0 atom stereocenters. The topological polar surface area (TPSA) is 102 Å².